The monoisotopic (exact) mass is 431 g/mol. The van der Waals surface area contributed by atoms with E-state index in [9.17, 15) is 4.79 Å². The summed E-state index contributed by atoms with van der Waals surface area (Å²) in [7, 11) is 2.00. The smallest absolute Gasteiger partial charge is 0.202 e. The number of hydrogen-bond donors (Lipinski definition) is 1. The van der Waals surface area contributed by atoms with Gasteiger partial charge in [0.25, 0.3) is 0 Å². The van der Waals surface area contributed by atoms with E-state index in [2.05, 4.69) is 25.1 Å². The number of imidazole rings is 1. The third-order valence-electron chi connectivity index (χ3n) is 6.05. The average molecular weight is 432 g/mol. The van der Waals surface area contributed by atoms with Gasteiger partial charge in [-0.1, -0.05) is 0 Å². The second kappa shape index (κ2) is 8.12. The molecule has 5 rings (SSSR count). The van der Waals surface area contributed by atoms with Crippen LogP contribution >= 0.6 is 0 Å². The SMILES string of the molecule is Cc1cnc2ccc(-c3nc(CCC(=O)[C@H]4CCCN4C)c(N)nc3-n3nccn3)cn12. The molecule has 164 valence electrons. The number of rotatable bonds is 6. The van der Waals surface area contributed by atoms with Gasteiger partial charge in [0.2, 0.25) is 5.82 Å². The highest BCUT2D eigenvalue weighted by molar-refractivity contribution is 5.84. The Bertz CT molecular complexity index is 1280. The molecular formula is C22H25N9O. The molecule has 1 atom stereocenters. The molecule has 4 aromatic heterocycles. The normalized spacial score (nSPS) is 16.8. The van der Waals surface area contributed by atoms with Gasteiger partial charge in [-0.05, 0) is 45.5 Å². The Balaban J connectivity index is 1.53. The van der Waals surface area contributed by atoms with Crippen molar-refractivity contribution in [3.63, 3.8) is 0 Å². The van der Waals surface area contributed by atoms with Crippen molar-refractivity contribution in [2.45, 2.75) is 38.6 Å². The topological polar surface area (TPSA) is 120 Å². The first-order valence-electron chi connectivity index (χ1n) is 10.7. The minimum absolute atomic E-state index is 0.0113. The van der Waals surface area contributed by atoms with Gasteiger partial charge in [0.05, 0.1) is 24.1 Å². The predicted molar refractivity (Wildman–Crippen MR) is 119 cm³/mol. The molecule has 1 fully saturated rings. The molecule has 0 aromatic carbocycles. The summed E-state index contributed by atoms with van der Waals surface area (Å²) in [5, 5.41) is 8.43. The maximum absolute atomic E-state index is 12.7. The Hall–Kier alpha value is -3.66. The molecule has 1 aliphatic rings. The van der Waals surface area contributed by atoms with Crippen molar-refractivity contribution in [3.8, 4) is 17.1 Å². The van der Waals surface area contributed by atoms with Gasteiger partial charge >= 0.3 is 0 Å². The highest BCUT2D eigenvalue weighted by atomic mass is 16.1. The molecule has 0 spiro atoms. The molecule has 0 bridgehead atoms. The van der Waals surface area contributed by atoms with Crippen LogP contribution in [0.4, 0.5) is 5.82 Å². The van der Waals surface area contributed by atoms with Gasteiger partial charge < -0.3 is 10.1 Å². The lowest BCUT2D eigenvalue weighted by atomic mass is 10.0. The summed E-state index contributed by atoms with van der Waals surface area (Å²) in [4.78, 5) is 30.1. The predicted octanol–water partition coefficient (Wildman–Crippen LogP) is 1.86. The molecule has 32 heavy (non-hydrogen) atoms. The third kappa shape index (κ3) is 3.62. The minimum Gasteiger partial charge on any atom is -0.382 e. The van der Waals surface area contributed by atoms with Gasteiger partial charge in [0.1, 0.15) is 22.9 Å². The van der Waals surface area contributed by atoms with Crippen molar-refractivity contribution in [2.24, 2.45) is 0 Å². The minimum atomic E-state index is -0.0113. The fraction of sp³-hybridized carbons (Fsp3) is 0.364. The molecule has 0 radical (unpaired) electrons. The van der Waals surface area contributed by atoms with Gasteiger partial charge in [0, 0.05) is 36.5 Å². The number of likely N-dealkylation sites (N-methyl/N-ethyl adjacent to an activating group) is 1. The van der Waals surface area contributed by atoms with Gasteiger partial charge in [-0.3, -0.25) is 9.69 Å². The number of fused-ring (bicyclic) bond motifs is 1. The molecule has 2 N–H and O–H groups in total. The van der Waals surface area contributed by atoms with E-state index in [0.717, 1.165) is 36.3 Å². The summed E-state index contributed by atoms with van der Waals surface area (Å²) in [6.07, 6.45) is 9.73. The molecule has 0 amide bonds. The zero-order valence-corrected chi connectivity index (χ0v) is 18.1. The van der Waals surface area contributed by atoms with E-state index in [0.29, 0.717) is 30.0 Å². The van der Waals surface area contributed by atoms with Crippen LogP contribution in [0.25, 0.3) is 22.7 Å². The van der Waals surface area contributed by atoms with Gasteiger partial charge in [-0.25, -0.2) is 15.0 Å². The van der Waals surface area contributed by atoms with Gasteiger partial charge in [0.15, 0.2) is 0 Å². The number of carbonyl (C=O) groups excluding carboxylic acids is 1. The molecule has 10 nitrogen and oxygen atoms in total. The van der Waals surface area contributed by atoms with Crippen LogP contribution in [0.2, 0.25) is 0 Å². The summed E-state index contributed by atoms with van der Waals surface area (Å²) in [5.74, 6) is 0.949. The summed E-state index contributed by atoms with van der Waals surface area (Å²) in [5.41, 5.74) is 10.2. The fourth-order valence-corrected chi connectivity index (χ4v) is 4.28. The quantitative estimate of drug-likeness (QED) is 0.491. The van der Waals surface area contributed by atoms with E-state index in [-0.39, 0.29) is 17.6 Å². The average Bonchev–Trinajstić information content (AvgIpc) is 3.54. The number of carbonyl (C=O) groups is 1. The first kappa shape index (κ1) is 20.3. The number of aryl methyl sites for hydroxylation is 2. The molecule has 0 aliphatic carbocycles. The van der Waals surface area contributed by atoms with Crippen LogP contribution in [-0.2, 0) is 11.2 Å². The number of nitrogens with two attached hydrogens (primary N) is 1. The Morgan fingerprint density at radius 3 is 2.78 bits per heavy atom. The Kier molecular flexibility index (Phi) is 5.14. The van der Waals surface area contributed by atoms with Crippen molar-refractivity contribution in [1.82, 2.24) is 39.2 Å². The first-order valence-corrected chi connectivity index (χ1v) is 10.7. The number of nitrogens with zero attached hydrogens (tertiary/aromatic N) is 8. The van der Waals surface area contributed by atoms with Crippen LogP contribution in [0.5, 0.6) is 0 Å². The summed E-state index contributed by atoms with van der Waals surface area (Å²) >= 11 is 0. The Labute approximate surface area is 185 Å². The number of anilines is 1. The lowest BCUT2D eigenvalue weighted by molar-refractivity contribution is -0.122. The second-order valence-electron chi connectivity index (χ2n) is 8.20. The summed E-state index contributed by atoms with van der Waals surface area (Å²) in [6, 6.07) is 3.86. The molecule has 0 unspecified atom stereocenters. The van der Waals surface area contributed by atoms with E-state index in [1.807, 2.05) is 42.9 Å². The maximum Gasteiger partial charge on any atom is 0.202 e. The molecule has 5 heterocycles. The molecule has 0 saturated carbocycles. The number of aromatic nitrogens is 7. The lowest BCUT2D eigenvalue weighted by Crippen LogP contribution is -2.33. The lowest BCUT2D eigenvalue weighted by Gasteiger charge is -2.18. The zero-order chi connectivity index (χ0) is 22.2. The molecular weight excluding hydrogens is 406 g/mol. The number of pyridine rings is 1. The van der Waals surface area contributed by atoms with Crippen LogP contribution in [0.1, 0.15) is 30.7 Å². The van der Waals surface area contributed by atoms with E-state index in [1.54, 1.807) is 12.4 Å². The molecule has 1 saturated heterocycles. The van der Waals surface area contributed by atoms with E-state index >= 15 is 0 Å². The van der Waals surface area contributed by atoms with Crippen molar-refractivity contribution >= 4 is 17.2 Å². The number of nitrogen functional groups attached to an aromatic ring is 1. The van der Waals surface area contributed by atoms with Crippen LogP contribution in [0, 0.1) is 6.92 Å². The number of hydrogen-bond acceptors (Lipinski definition) is 8. The van der Waals surface area contributed by atoms with Crippen LogP contribution in [-0.4, -0.2) is 64.7 Å². The second-order valence-corrected chi connectivity index (χ2v) is 8.20. The van der Waals surface area contributed by atoms with Crippen LogP contribution in [0.3, 0.4) is 0 Å². The Morgan fingerprint density at radius 1 is 1.22 bits per heavy atom. The highest BCUT2D eigenvalue weighted by Crippen LogP contribution is 2.27. The highest BCUT2D eigenvalue weighted by Gasteiger charge is 2.27. The van der Waals surface area contributed by atoms with Gasteiger partial charge in [-0.15, -0.1) is 4.80 Å². The Morgan fingerprint density at radius 2 is 2.03 bits per heavy atom. The largest absolute Gasteiger partial charge is 0.382 e. The standard InChI is InChI=1S/C22H25N9O/c1-14-12-24-19-8-5-15(13-30(14)19)20-22(31-25-9-10-26-31)28-21(23)16(27-20)6-7-18(32)17-4-3-11-29(17)2/h5,8-10,12-13,17H,3-4,6-7,11H2,1-2H3,(H2,23,28)/t17-/m1/s1. The van der Waals surface area contributed by atoms with Gasteiger partial charge in [-0.2, -0.15) is 10.2 Å². The van der Waals surface area contributed by atoms with Crippen molar-refractivity contribution in [3.05, 3.63) is 48.3 Å². The third-order valence-corrected chi connectivity index (χ3v) is 6.05. The molecule has 4 aromatic rings. The van der Waals surface area contributed by atoms with Crippen LogP contribution in [0.15, 0.2) is 36.9 Å². The molecule has 10 heteroatoms. The van der Waals surface area contributed by atoms with Crippen molar-refractivity contribution in [2.75, 3.05) is 19.3 Å². The van der Waals surface area contributed by atoms with E-state index in [4.69, 9.17) is 10.7 Å². The zero-order valence-electron chi connectivity index (χ0n) is 18.1. The van der Waals surface area contributed by atoms with E-state index < -0.39 is 0 Å². The maximum atomic E-state index is 12.7. The summed E-state index contributed by atoms with van der Waals surface area (Å²) in [6.45, 7) is 2.95. The number of Topliss-reactive ketones (excluding diaryl/α,β-unsaturated/α-hetero) is 1. The fourth-order valence-electron chi connectivity index (χ4n) is 4.28. The van der Waals surface area contributed by atoms with Crippen molar-refractivity contribution in [1.29, 1.82) is 0 Å². The summed E-state index contributed by atoms with van der Waals surface area (Å²) < 4.78 is 1.99. The number of likely N-dealkylation sites (tertiary alicyclic amines) is 1. The van der Waals surface area contributed by atoms with Crippen molar-refractivity contribution < 1.29 is 4.79 Å². The van der Waals surface area contributed by atoms with Crippen LogP contribution < -0.4 is 5.73 Å². The molecule has 1 aliphatic heterocycles. The van der Waals surface area contributed by atoms with E-state index in [1.165, 1.54) is 4.80 Å². The number of ketones is 1. The first-order chi connectivity index (χ1) is 15.5.